The van der Waals surface area contributed by atoms with Gasteiger partial charge in [0.25, 0.3) is 0 Å². The third-order valence-corrected chi connectivity index (χ3v) is 8.67. The fraction of sp³-hybridized carbons (Fsp3) is 0.680. The van der Waals surface area contributed by atoms with Crippen LogP contribution < -0.4 is 4.74 Å². The standard InChI is InChI=1S/C25H32O3/c1-3-25(27)13-12-21-20-10-8-16-14-18(28-17-6-4-5-7-17)9-11-19(16)23(20)22(26)15-24(21,25)2/h1,9,11,14,17,20-23,26-27H,4-8,10,12-13,15H2,2H3/t20-,21-,22?,23+,24-,25?/m0/s1. The second-order valence-electron chi connectivity index (χ2n) is 9.95. The Bertz CT molecular complexity index is 805. The summed E-state index contributed by atoms with van der Waals surface area (Å²) in [6, 6.07) is 6.52. The van der Waals surface area contributed by atoms with Gasteiger partial charge in [0.1, 0.15) is 11.4 Å². The van der Waals surface area contributed by atoms with Crippen molar-refractivity contribution in [3.63, 3.8) is 0 Å². The fourth-order valence-electron chi connectivity index (χ4n) is 7.15. The van der Waals surface area contributed by atoms with Crippen molar-refractivity contribution in [3.05, 3.63) is 29.3 Å². The number of hydrogen-bond donors (Lipinski definition) is 2. The van der Waals surface area contributed by atoms with E-state index in [9.17, 15) is 10.2 Å². The molecule has 0 aliphatic heterocycles. The maximum Gasteiger partial charge on any atom is 0.130 e. The van der Waals surface area contributed by atoms with Gasteiger partial charge in [-0.3, -0.25) is 0 Å². The Hall–Kier alpha value is -1.50. The number of terminal acetylenes is 1. The van der Waals surface area contributed by atoms with Crippen molar-refractivity contribution in [1.82, 2.24) is 0 Å². The summed E-state index contributed by atoms with van der Waals surface area (Å²) in [5.41, 5.74) is 1.17. The molecule has 0 spiro atoms. The molecule has 3 saturated carbocycles. The Morgan fingerprint density at radius 1 is 1.18 bits per heavy atom. The van der Waals surface area contributed by atoms with Gasteiger partial charge in [-0.15, -0.1) is 6.42 Å². The van der Waals surface area contributed by atoms with Crippen molar-refractivity contribution in [2.45, 2.75) is 88.4 Å². The minimum absolute atomic E-state index is 0.155. The molecule has 3 heteroatoms. The third kappa shape index (κ3) is 2.57. The normalized spacial score (nSPS) is 42.4. The van der Waals surface area contributed by atoms with Crippen molar-refractivity contribution in [2.24, 2.45) is 17.3 Å². The summed E-state index contributed by atoms with van der Waals surface area (Å²) in [6.07, 6.45) is 14.8. The zero-order valence-electron chi connectivity index (χ0n) is 16.9. The van der Waals surface area contributed by atoms with E-state index in [1.807, 2.05) is 0 Å². The van der Waals surface area contributed by atoms with Crippen LogP contribution in [0.5, 0.6) is 5.75 Å². The number of aliphatic hydroxyl groups excluding tert-OH is 1. The molecule has 2 unspecified atom stereocenters. The number of rotatable bonds is 2. The molecule has 1 aromatic rings. The number of hydrogen-bond acceptors (Lipinski definition) is 3. The van der Waals surface area contributed by atoms with E-state index in [2.05, 4.69) is 31.0 Å². The first-order valence-electron chi connectivity index (χ1n) is 11.1. The van der Waals surface area contributed by atoms with E-state index >= 15 is 0 Å². The van der Waals surface area contributed by atoms with E-state index in [0.717, 1.165) is 25.0 Å². The predicted octanol–water partition coefficient (Wildman–Crippen LogP) is 4.20. The fourth-order valence-corrected chi connectivity index (χ4v) is 7.15. The Balaban J connectivity index is 1.44. The first kappa shape index (κ1) is 18.5. The van der Waals surface area contributed by atoms with E-state index in [1.165, 1.54) is 36.8 Å². The molecule has 0 heterocycles. The van der Waals surface area contributed by atoms with Crippen molar-refractivity contribution >= 4 is 0 Å². The number of aryl methyl sites for hydroxylation is 1. The molecule has 1 aromatic carbocycles. The van der Waals surface area contributed by atoms with Crippen LogP contribution in [0.15, 0.2) is 18.2 Å². The van der Waals surface area contributed by atoms with Gasteiger partial charge in [0.05, 0.1) is 12.2 Å². The molecule has 0 amide bonds. The highest BCUT2D eigenvalue weighted by molar-refractivity contribution is 5.42. The lowest BCUT2D eigenvalue weighted by Gasteiger charge is -2.54. The van der Waals surface area contributed by atoms with Crippen LogP contribution in [0.4, 0.5) is 0 Å². The average molecular weight is 381 g/mol. The zero-order chi connectivity index (χ0) is 19.5. The summed E-state index contributed by atoms with van der Waals surface area (Å²) in [5.74, 6) is 4.60. The maximum absolute atomic E-state index is 11.2. The summed E-state index contributed by atoms with van der Waals surface area (Å²) in [4.78, 5) is 0. The monoisotopic (exact) mass is 380 g/mol. The van der Waals surface area contributed by atoms with Crippen LogP contribution in [-0.4, -0.2) is 28.0 Å². The first-order valence-corrected chi connectivity index (χ1v) is 11.1. The van der Waals surface area contributed by atoms with E-state index in [4.69, 9.17) is 11.2 Å². The van der Waals surface area contributed by atoms with Gasteiger partial charge in [0.15, 0.2) is 0 Å². The van der Waals surface area contributed by atoms with Crippen LogP contribution in [0.25, 0.3) is 0 Å². The highest BCUT2D eigenvalue weighted by Gasteiger charge is 2.63. The number of fused-ring (bicyclic) bond motifs is 5. The van der Waals surface area contributed by atoms with Crippen molar-refractivity contribution in [2.75, 3.05) is 0 Å². The lowest BCUT2D eigenvalue weighted by atomic mass is 9.52. The van der Waals surface area contributed by atoms with E-state index in [-0.39, 0.29) is 11.3 Å². The van der Waals surface area contributed by atoms with Crippen LogP contribution in [0.1, 0.15) is 75.3 Å². The number of ether oxygens (including phenoxy) is 1. The largest absolute Gasteiger partial charge is 0.490 e. The first-order chi connectivity index (χ1) is 13.4. The molecule has 0 bridgehead atoms. The quantitative estimate of drug-likeness (QED) is 0.756. The van der Waals surface area contributed by atoms with E-state index < -0.39 is 11.7 Å². The summed E-state index contributed by atoms with van der Waals surface area (Å²) in [7, 11) is 0. The minimum Gasteiger partial charge on any atom is -0.490 e. The molecule has 0 aromatic heterocycles. The van der Waals surface area contributed by atoms with Gasteiger partial charge in [-0.25, -0.2) is 0 Å². The molecule has 3 fully saturated rings. The van der Waals surface area contributed by atoms with Crippen LogP contribution in [0.3, 0.4) is 0 Å². The average Bonchev–Trinajstić information content (AvgIpc) is 3.28. The van der Waals surface area contributed by atoms with Crippen LogP contribution in [-0.2, 0) is 6.42 Å². The van der Waals surface area contributed by atoms with Gasteiger partial charge >= 0.3 is 0 Å². The van der Waals surface area contributed by atoms with Gasteiger partial charge < -0.3 is 14.9 Å². The molecule has 0 saturated heterocycles. The minimum atomic E-state index is -1.08. The highest BCUT2D eigenvalue weighted by Crippen LogP contribution is 2.64. The third-order valence-electron chi connectivity index (χ3n) is 8.67. The molecule has 0 radical (unpaired) electrons. The summed E-state index contributed by atoms with van der Waals surface area (Å²) in [6.45, 7) is 2.11. The zero-order valence-corrected chi connectivity index (χ0v) is 16.9. The topological polar surface area (TPSA) is 49.7 Å². The molecule has 150 valence electrons. The smallest absolute Gasteiger partial charge is 0.130 e. The van der Waals surface area contributed by atoms with Crippen LogP contribution >= 0.6 is 0 Å². The van der Waals surface area contributed by atoms with E-state index in [0.29, 0.717) is 30.8 Å². The van der Waals surface area contributed by atoms with Gasteiger partial charge in [0, 0.05) is 11.3 Å². The van der Waals surface area contributed by atoms with Crippen LogP contribution in [0.2, 0.25) is 0 Å². The summed E-state index contributed by atoms with van der Waals surface area (Å²) < 4.78 is 6.21. The molecule has 5 rings (SSSR count). The van der Waals surface area contributed by atoms with Gasteiger partial charge in [-0.2, -0.15) is 0 Å². The molecular formula is C25H32O3. The predicted molar refractivity (Wildman–Crippen MR) is 109 cm³/mol. The SMILES string of the molecule is C#CC1(O)CC[C@H]2[C@@H]3CCc4cc(OC5CCCC5)ccc4[C@H]3C(O)C[C@@]21C. The maximum atomic E-state index is 11.2. The highest BCUT2D eigenvalue weighted by atomic mass is 16.5. The van der Waals surface area contributed by atoms with Crippen molar-refractivity contribution < 1.29 is 14.9 Å². The van der Waals surface area contributed by atoms with Gasteiger partial charge in [0.2, 0.25) is 0 Å². The molecule has 28 heavy (non-hydrogen) atoms. The second-order valence-corrected chi connectivity index (χ2v) is 9.95. The Morgan fingerprint density at radius 2 is 1.96 bits per heavy atom. The molecule has 2 N–H and O–H groups in total. The summed E-state index contributed by atoms with van der Waals surface area (Å²) >= 11 is 0. The molecule has 3 nitrogen and oxygen atoms in total. The lowest BCUT2D eigenvalue weighted by Crippen LogP contribution is -2.54. The van der Waals surface area contributed by atoms with Gasteiger partial charge in [-0.1, -0.05) is 18.9 Å². The molecular weight excluding hydrogens is 348 g/mol. The second kappa shape index (κ2) is 6.51. The lowest BCUT2D eigenvalue weighted by molar-refractivity contribution is -0.107. The Morgan fingerprint density at radius 3 is 2.71 bits per heavy atom. The molecule has 6 atom stereocenters. The van der Waals surface area contributed by atoms with Crippen LogP contribution in [0, 0.1) is 29.6 Å². The number of aliphatic hydroxyl groups is 2. The summed E-state index contributed by atoms with van der Waals surface area (Å²) in [5, 5.41) is 22.2. The van der Waals surface area contributed by atoms with Crippen molar-refractivity contribution in [3.8, 4) is 18.1 Å². The Kier molecular flexibility index (Phi) is 4.30. The molecule has 4 aliphatic carbocycles. The van der Waals surface area contributed by atoms with E-state index in [1.54, 1.807) is 0 Å². The van der Waals surface area contributed by atoms with Crippen molar-refractivity contribution in [1.29, 1.82) is 0 Å². The molecule has 4 aliphatic rings. The Labute approximate surface area is 168 Å². The number of benzene rings is 1. The van der Waals surface area contributed by atoms with Gasteiger partial charge in [-0.05, 0) is 92.9 Å².